The summed E-state index contributed by atoms with van der Waals surface area (Å²) in [6.45, 7) is 1.82. The molecule has 118 valence electrons. The number of ether oxygens (including phenoxy) is 2. The summed E-state index contributed by atoms with van der Waals surface area (Å²) in [5.41, 5.74) is 1.12. The Morgan fingerprint density at radius 2 is 2.14 bits per heavy atom. The van der Waals surface area contributed by atoms with Crippen LogP contribution < -0.4 is 10.1 Å². The van der Waals surface area contributed by atoms with Crippen LogP contribution in [0.2, 0.25) is 0 Å². The first-order chi connectivity index (χ1) is 10.7. The minimum atomic E-state index is -0.349. The zero-order valence-electron chi connectivity index (χ0n) is 12.9. The molecule has 1 aromatic rings. The third-order valence-corrected chi connectivity index (χ3v) is 3.89. The van der Waals surface area contributed by atoms with Crippen LogP contribution in [-0.2, 0) is 16.1 Å². The number of rotatable bonds is 5. The number of carbonyl (C=O) groups excluding carboxylic acids is 1. The zero-order valence-corrected chi connectivity index (χ0v) is 12.9. The van der Waals surface area contributed by atoms with Crippen LogP contribution in [0, 0.1) is 11.3 Å². The molecular formula is C16H21N3O3. The molecule has 1 fully saturated rings. The largest absolute Gasteiger partial charge is 0.497 e. The Hall–Kier alpha value is -2.10. The van der Waals surface area contributed by atoms with E-state index in [1.165, 1.54) is 7.11 Å². The van der Waals surface area contributed by atoms with Crippen LogP contribution in [0.4, 0.5) is 0 Å². The van der Waals surface area contributed by atoms with Crippen LogP contribution in [0.15, 0.2) is 24.3 Å². The van der Waals surface area contributed by atoms with Crippen molar-refractivity contribution in [3.8, 4) is 11.8 Å². The van der Waals surface area contributed by atoms with E-state index >= 15 is 0 Å². The summed E-state index contributed by atoms with van der Waals surface area (Å²) in [6.07, 6.45) is 0.428. The van der Waals surface area contributed by atoms with Gasteiger partial charge in [-0.2, -0.15) is 5.26 Å². The second-order valence-corrected chi connectivity index (χ2v) is 5.28. The molecule has 1 aromatic carbocycles. The third kappa shape index (κ3) is 3.97. The van der Waals surface area contributed by atoms with E-state index in [9.17, 15) is 4.79 Å². The highest BCUT2D eigenvalue weighted by Gasteiger charge is 2.32. The number of nitriles is 1. The zero-order chi connectivity index (χ0) is 15.9. The average molecular weight is 303 g/mol. The molecule has 1 heterocycles. The van der Waals surface area contributed by atoms with Crippen LogP contribution in [0.1, 0.15) is 12.0 Å². The highest BCUT2D eigenvalue weighted by Crippen LogP contribution is 2.17. The highest BCUT2D eigenvalue weighted by molar-refractivity contribution is 5.76. The van der Waals surface area contributed by atoms with Crippen LogP contribution >= 0.6 is 0 Å². The summed E-state index contributed by atoms with van der Waals surface area (Å²) in [7, 11) is 3.02. The quantitative estimate of drug-likeness (QED) is 0.816. The van der Waals surface area contributed by atoms with Crippen LogP contribution in [0.5, 0.6) is 5.75 Å². The van der Waals surface area contributed by atoms with E-state index in [1.54, 1.807) is 7.11 Å². The molecule has 0 aliphatic carbocycles. The van der Waals surface area contributed by atoms with Crippen molar-refractivity contribution in [2.75, 3.05) is 27.3 Å². The summed E-state index contributed by atoms with van der Waals surface area (Å²) in [6, 6.07) is 9.77. The van der Waals surface area contributed by atoms with Gasteiger partial charge in [0.15, 0.2) is 0 Å². The van der Waals surface area contributed by atoms with E-state index in [-0.39, 0.29) is 18.1 Å². The number of hydrogen-bond acceptors (Lipinski definition) is 6. The third-order valence-electron chi connectivity index (χ3n) is 3.89. The lowest BCUT2D eigenvalue weighted by Crippen LogP contribution is -2.58. The lowest BCUT2D eigenvalue weighted by atomic mass is 10.0. The molecule has 1 N–H and O–H groups in total. The van der Waals surface area contributed by atoms with E-state index in [2.05, 4.69) is 16.3 Å². The van der Waals surface area contributed by atoms with E-state index in [1.807, 2.05) is 24.3 Å². The van der Waals surface area contributed by atoms with Crippen molar-refractivity contribution in [2.24, 2.45) is 0 Å². The molecule has 1 aliphatic heterocycles. The lowest BCUT2D eigenvalue weighted by Gasteiger charge is -2.38. The molecule has 0 aromatic heterocycles. The van der Waals surface area contributed by atoms with Crippen molar-refractivity contribution in [3.63, 3.8) is 0 Å². The molecule has 1 aliphatic rings. The van der Waals surface area contributed by atoms with Gasteiger partial charge in [0.25, 0.3) is 0 Å². The van der Waals surface area contributed by atoms with Gasteiger partial charge in [-0.1, -0.05) is 12.1 Å². The molecule has 0 saturated carbocycles. The Labute approximate surface area is 130 Å². The smallest absolute Gasteiger partial charge is 0.324 e. The Balaban J connectivity index is 2.07. The van der Waals surface area contributed by atoms with Gasteiger partial charge in [0.1, 0.15) is 11.8 Å². The number of piperazine rings is 1. The molecule has 0 spiro atoms. The van der Waals surface area contributed by atoms with Crippen molar-refractivity contribution in [2.45, 2.75) is 25.0 Å². The van der Waals surface area contributed by atoms with Crippen LogP contribution in [-0.4, -0.2) is 50.3 Å². The molecule has 2 unspecified atom stereocenters. The number of nitrogens with one attached hydrogen (secondary N) is 1. The molecule has 0 amide bonds. The number of benzene rings is 1. The molecule has 1 saturated heterocycles. The van der Waals surface area contributed by atoms with Crippen LogP contribution in [0.25, 0.3) is 0 Å². The second kappa shape index (κ2) is 7.78. The highest BCUT2D eigenvalue weighted by atomic mass is 16.5. The topological polar surface area (TPSA) is 74.6 Å². The minimum Gasteiger partial charge on any atom is -0.497 e. The molecule has 6 nitrogen and oxygen atoms in total. The average Bonchev–Trinajstić information content (AvgIpc) is 2.56. The maximum Gasteiger partial charge on any atom is 0.324 e. The van der Waals surface area contributed by atoms with Crippen molar-refractivity contribution < 1.29 is 14.3 Å². The van der Waals surface area contributed by atoms with Gasteiger partial charge < -0.3 is 14.8 Å². The number of methoxy groups -OCH3 is 2. The fourth-order valence-corrected chi connectivity index (χ4v) is 2.62. The van der Waals surface area contributed by atoms with Crippen molar-refractivity contribution in [1.82, 2.24) is 10.2 Å². The number of esters is 1. The van der Waals surface area contributed by atoms with E-state index < -0.39 is 0 Å². The standard InChI is InChI=1S/C16H21N3O3/c1-21-14-5-3-12(4-6-14)10-19-11-15(16(20)22-2)18-9-13(19)7-8-17/h3-6,13,15,18H,7,9-11H2,1-2H3. The Bertz CT molecular complexity index is 539. The second-order valence-electron chi connectivity index (χ2n) is 5.28. The maximum absolute atomic E-state index is 11.7. The Morgan fingerprint density at radius 3 is 2.73 bits per heavy atom. The van der Waals surface area contributed by atoms with Crippen molar-refractivity contribution in [3.05, 3.63) is 29.8 Å². The minimum absolute atomic E-state index is 0.0907. The van der Waals surface area contributed by atoms with E-state index in [0.29, 0.717) is 26.1 Å². The van der Waals surface area contributed by atoms with Crippen molar-refractivity contribution >= 4 is 5.97 Å². The molecule has 6 heteroatoms. The molecular weight excluding hydrogens is 282 g/mol. The van der Waals surface area contributed by atoms with E-state index in [0.717, 1.165) is 11.3 Å². The van der Waals surface area contributed by atoms with Gasteiger partial charge in [-0.15, -0.1) is 0 Å². The summed E-state index contributed by atoms with van der Waals surface area (Å²) in [4.78, 5) is 13.9. The number of nitrogens with zero attached hydrogens (tertiary/aromatic N) is 2. The normalized spacial score (nSPS) is 21.9. The SMILES string of the molecule is COC(=O)C1CN(Cc2ccc(OC)cc2)C(CC#N)CN1. The van der Waals surface area contributed by atoms with Gasteiger partial charge in [0.05, 0.1) is 26.7 Å². The van der Waals surface area contributed by atoms with Crippen molar-refractivity contribution in [1.29, 1.82) is 5.26 Å². The molecule has 2 atom stereocenters. The summed E-state index contributed by atoms with van der Waals surface area (Å²) in [5, 5.41) is 12.1. The van der Waals surface area contributed by atoms with Crippen LogP contribution in [0.3, 0.4) is 0 Å². The number of hydrogen-bond donors (Lipinski definition) is 1. The lowest BCUT2D eigenvalue weighted by molar-refractivity contribution is -0.144. The van der Waals surface area contributed by atoms with Gasteiger partial charge in [-0.25, -0.2) is 0 Å². The maximum atomic E-state index is 11.7. The molecule has 2 rings (SSSR count). The Morgan fingerprint density at radius 1 is 1.41 bits per heavy atom. The first-order valence-electron chi connectivity index (χ1n) is 7.23. The monoisotopic (exact) mass is 303 g/mol. The predicted octanol–water partition coefficient (Wildman–Crippen LogP) is 0.924. The molecule has 22 heavy (non-hydrogen) atoms. The van der Waals surface area contributed by atoms with Gasteiger partial charge in [-0.05, 0) is 17.7 Å². The fourth-order valence-electron chi connectivity index (χ4n) is 2.62. The predicted molar refractivity (Wildman–Crippen MR) is 81.2 cm³/mol. The molecule has 0 bridgehead atoms. The Kier molecular flexibility index (Phi) is 5.75. The fraction of sp³-hybridized carbons (Fsp3) is 0.500. The summed E-state index contributed by atoms with van der Waals surface area (Å²) >= 11 is 0. The first-order valence-corrected chi connectivity index (χ1v) is 7.23. The van der Waals surface area contributed by atoms with Gasteiger partial charge >= 0.3 is 5.97 Å². The van der Waals surface area contributed by atoms with E-state index in [4.69, 9.17) is 14.7 Å². The summed E-state index contributed by atoms with van der Waals surface area (Å²) in [5.74, 6) is 0.542. The molecule has 0 radical (unpaired) electrons. The summed E-state index contributed by atoms with van der Waals surface area (Å²) < 4.78 is 9.96. The first kappa shape index (κ1) is 16.3. The number of carbonyl (C=O) groups is 1. The van der Waals surface area contributed by atoms with Gasteiger partial charge in [-0.3, -0.25) is 9.69 Å². The van der Waals surface area contributed by atoms with Gasteiger partial charge in [0.2, 0.25) is 0 Å². The van der Waals surface area contributed by atoms with Gasteiger partial charge in [0, 0.05) is 25.7 Å².